The van der Waals surface area contributed by atoms with E-state index in [1.165, 1.54) is 12.1 Å². The summed E-state index contributed by atoms with van der Waals surface area (Å²) in [7, 11) is 0. The van der Waals surface area contributed by atoms with Crippen LogP contribution in [0.5, 0.6) is 0 Å². The van der Waals surface area contributed by atoms with Crippen molar-refractivity contribution < 1.29 is 21.4 Å². The van der Waals surface area contributed by atoms with Gasteiger partial charge < -0.3 is 0 Å². The number of benzene rings is 2. The molecule has 0 aromatic heterocycles. The molecule has 2 aromatic carbocycles. The largest absolute Gasteiger partial charge is 0.339 e. The highest BCUT2D eigenvalue weighted by Gasteiger charge is 2.58. The van der Waals surface area contributed by atoms with E-state index in [1.807, 2.05) is 6.92 Å². The molecule has 0 bridgehead atoms. The molecule has 0 aliphatic rings. The number of unbranched alkanes of at least 4 members (excludes halogenated alkanes) is 1. The minimum absolute atomic E-state index is 0.0816. The van der Waals surface area contributed by atoms with Crippen LogP contribution < -0.4 is 0 Å². The van der Waals surface area contributed by atoms with Crippen LogP contribution in [0.15, 0.2) is 53.4 Å². The molecule has 0 saturated heterocycles. The highest BCUT2D eigenvalue weighted by molar-refractivity contribution is 7.94. The van der Waals surface area contributed by atoms with Gasteiger partial charge in [-0.05, 0) is 30.5 Å². The number of alkyl halides is 4. The fourth-order valence-corrected chi connectivity index (χ4v) is 2.58. The molecular weight excluding hydrogens is 343 g/mol. The van der Waals surface area contributed by atoms with E-state index in [-0.39, 0.29) is 17.0 Å². The molecule has 130 valence electrons. The minimum Gasteiger partial charge on any atom is -0.194 e. The highest BCUT2D eigenvalue weighted by atomic mass is 32.2. The van der Waals surface area contributed by atoms with Crippen molar-refractivity contribution in [1.82, 2.24) is 0 Å². The van der Waals surface area contributed by atoms with Crippen LogP contribution in [0.2, 0.25) is 0 Å². The van der Waals surface area contributed by atoms with Crippen molar-refractivity contribution in [3.05, 3.63) is 65.2 Å². The number of rotatable bonds is 7. The molecule has 0 nitrogen and oxygen atoms in total. The van der Waals surface area contributed by atoms with Crippen molar-refractivity contribution >= 4 is 12.1 Å². The van der Waals surface area contributed by atoms with Gasteiger partial charge in [-0.2, -0.15) is 21.4 Å². The van der Waals surface area contributed by atoms with Crippen LogP contribution in [-0.2, 0) is 18.3 Å². The van der Waals surface area contributed by atoms with Gasteiger partial charge in [0.2, 0.25) is 0 Å². The quantitative estimate of drug-likeness (QED) is 0.485. The molecule has 2 aromatic rings. The van der Waals surface area contributed by atoms with E-state index in [0.29, 0.717) is 0 Å². The second-order valence-electron chi connectivity index (χ2n) is 5.55. The third-order valence-electron chi connectivity index (χ3n) is 3.84. The van der Waals surface area contributed by atoms with Gasteiger partial charge in [0.1, 0.15) is 0 Å². The van der Waals surface area contributed by atoms with Gasteiger partial charge >= 0.3 is 11.8 Å². The second kappa shape index (κ2) is 7.55. The molecule has 0 atom stereocenters. The second-order valence-corrected chi connectivity index (χ2v) is 6.18. The zero-order chi connectivity index (χ0) is 17.8. The van der Waals surface area contributed by atoms with Gasteiger partial charge in [-0.1, -0.05) is 49.7 Å². The Morgan fingerprint density at radius 2 is 1.25 bits per heavy atom. The van der Waals surface area contributed by atoms with Gasteiger partial charge in [-0.3, -0.25) is 0 Å². The van der Waals surface area contributed by atoms with Crippen molar-refractivity contribution in [2.75, 3.05) is 0 Å². The predicted molar refractivity (Wildman–Crippen MR) is 86.2 cm³/mol. The van der Waals surface area contributed by atoms with Gasteiger partial charge in [0.15, 0.2) is 0 Å². The van der Waals surface area contributed by atoms with E-state index >= 15 is 0 Å². The number of halogens is 5. The van der Waals surface area contributed by atoms with Crippen LogP contribution in [0, 0.1) is 0 Å². The summed E-state index contributed by atoms with van der Waals surface area (Å²) in [4.78, 5) is 0.0816. The molecular formula is C18H17F5S. The van der Waals surface area contributed by atoms with E-state index < -0.39 is 23.0 Å². The molecule has 0 heterocycles. The maximum atomic E-state index is 14.4. The molecule has 0 aliphatic heterocycles. The van der Waals surface area contributed by atoms with Crippen molar-refractivity contribution in [1.29, 1.82) is 0 Å². The molecule has 0 amide bonds. The summed E-state index contributed by atoms with van der Waals surface area (Å²) in [6.45, 7) is 2.01. The van der Waals surface area contributed by atoms with Gasteiger partial charge in [-0.15, -0.1) is 0 Å². The molecule has 0 unspecified atom stereocenters. The predicted octanol–water partition coefficient (Wildman–Crippen LogP) is 6.89. The summed E-state index contributed by atoms with van der Waals surface area (Å²) in [6, 6.07) is 8.76. The first-order valence-corrected chi connectivity index (χ1v) is 8.28. The van der Waals surface area contributed by atoms with Crippen molar-refractivity contribution in [3.63, 3.8) is 0 Å². The highest BCUT2D eigenvalue weighted by Crippen LogP contribution is 2.49. The standard InChI is InChI=1S/C18H17F5S/c1-2-3-4-13-5-7-14(8-6-13)17(19,20)18(21,22)15-9-11-16(24-23)12-10-15/h5-12H,2-4H2,1H3. The third kappa shape index (κ3) is 3.74. The Labute approximate surface area is 142 Å². The summed E-state index contributed by atoms with van der Waals surface area (Å²) in [5.74, 6) is -8.75. The lowest BCUT2D eigenvalue weighted by atomic mass is 9.95. The van der Waals surface area contributed by atoms with Gasteiger partial charge in [0.25, 0.3) is 0 Å². The zero-order valence-electron chi connectivity index (χ0n) is 13.0. The summed E-state index contributed by atoms with van der Waals surface area (Å²) >= 11 is -0.132. The van der Waals surface area contributed by atoms with Crippen LogP contribution in [-0.4, -0.2) is 0 Å². The summed E-state index contributed by atoms with van der Waals surface area (Å²) in [5.41, 5.74) is -0.749. The van der Waals surface area contributed by atoms with Crippen molar-refractivity contribution in [2.24, 2.45) is 0 Å². The zero-order valence-corrected chi connectivity index (χ0v) is 13.9. The Balaban J connectivity index is 2.28. The first kappa shape index (κ1) is 18.8. The molecule has 2 rings (SSSR count). The Morgan fingerprint density at radius 3 is 1.67 bits per heavy atom. The average Bonchev–Trinajstić information content (AvgIpc) is 2.60. The van der Waals surface area contributed by atoms with Crippen molar-refractivity contribution in [2.45, 2.75) is 42.9 Å². The average molecular weight is 360 g/mol. The molecule has 0 aliphatic carbocycles. The summed E-state index contributed by atoms with van der Waals surface area (Å²) in [6.07, 6.45) is 2.59. The third-order valence-corrected chi connectivity index (χ3v) is 4.29. The lowest BCUT2D eigenvalue weighted by Gasteiger charge is -2.27. The maximum Gasteiger partial charge on any atom is 0.339 e. The SMILES string of the molecule is CCCCc1ccc(C(F)(F)C(F)(F)c2ccc(SF)cc2)cc1. The van der Waals surface area contributed by atoms with E-state index in [1.54, 1.807) is 0 Å². The van der Waals surface area contributed by atoms with Crippen LogP contribution >= 0.6 is 12.1 Å². The minimum atomic E-state index is -4.39. The molecule has 0 saturated carbocycles. The Morgan fingerprint density at radius 1 is 0.792 bits per heavy atom. The molecule has 0 spiro atoms. The normalized spacial score (nSPS) is 12.4. The lowest BCUT2D eigenvalue weighted by Crippen LogP contribution is -2.35. The number of hydrogen-bond acceptors (Lipinski definition) is 1. The molecule has 0 radical (unpaired) electrons. The molecule has 6 heteroatoms. The van der Waals surface area contributed by atoms with Gasteiger partial charge in [0, 0.05) is 16.0 Å². The monoisotopic (exact) mass is 360 g/mol. The summed E-state index contributed by atoms with van der Waals surface area (Å²) < 4.78 is 69.7. The van der Waals surface area contributed by atoms with Crippen LogP contribution in [0.3, 0.4) is 0 Å². The Hall–Kier alpha value is -1.56. The molecule has 0 N–H and O–H groups in total. The van der Waals surface area contributed by atoms with E-state index in [9.17, 15) is 21.4 Å². The Bertz CT molecular complexity index is 650. The number of aryl methyl sites for hydroxylation is 1. The smallest absolute Gasteiger partial charge is 0.194 e. The maximum absolute atomic E-state index is 14.4. The fourth-order valence-electron chi connectivity index (χ4n) is 2.34. The first-order valence-electron chi connectivity index (χ1n) is 7.57. The molecule has 24 heavy (non-hydrogen) atoms. The van der Waals surface area contributed by atoms with Crippen LogP contribution in [0.1, 0.15) is 36.5 Å². The Kier molecular flexibility index (Phi) is 5.91. The summed E-state index contributed by atoms with van der Waals surface area (Å²) in [5, 5.41) is 0. The van der Waals surface area contributed by atoms with Gasteiger partial charge in [0.05, 0.1) is 12.1 Å². The van der Waals surface area contributed by atoms with Crippen LogP contribution in [0.4, 0.5) is 21.4 Å². The van der Waals surface area contributed by atoms with E-state index in [2.05, 4.69) is 0 Å². The van der Waals surface area contributed by atoms with Crippen molar-refractivity contribution in [3.8, 4) is 0 Å². The van der Waals surface area contributed by atoms with Gasteiger partial charge in [-0.25, -0.2) is 0 Å². The topological polar surface area (TPSA) is 0 Å². The van der Waals surface area contributed by atoms with E-state index in [4.69, 9.17) is 0 Å². The first-order chi connectivity index (χ1) is 11.3. The molecule has 0 fully saturated rings. The van der Waals surface area contributed by atoms with E-state index in [0.717, 1.165) is 61.2 Å². The van der Waals surface area contributed by atoms with Crippen LogP contribution in [0.25, 0.3) is 0 Å². The fraction of sp³-hybridized carbons (Fsp3) is 0.333. The lowest BCUT2D eigenvalue weighted by molar-refractivity contribution is -0.223. The number of hydrogen-bond donors (Lipinski definition) is 0.